The summed E-state index contributed by atoms with van der Waals surface area (Å²) in [5.41, 5.74) is 7.28. The molecule has 0 fully saturated rings. The summed E-state index contributed by atoms with van der Waals surface area (Å²) in [6.07, 6.45) is 0.592. The smallest absolute Gasteiger partial charge is 0.240 e. The third kappa shape index (κ3) is 3.70. The lowest BCUT2D eigenvalue weighted by Gasteiger charge is -2.27. The van der Waals surface area contributed by atoms with Crippen molar-refractivity contribution in [3.8, 4) is 0 Å². The molecule has 0 aliphatic rings. The molecule has 0 spiro atoms. The highest BCUT2D eigenvalue weighted by molar-refractivity contribution is 5.86. The Labute approximate surface area is 126 Å². The molecule has 0 saturated heterocycles. The standard InChI is InChI=1S/C18H22N2O/c1-3-18(2,19)17(21)20-16(14-10-6-4-7-11-14)15-12-8-5-9-13-15/h4-13,16H,3,19H2,1-2H3,(H,20,21). The van der Waals surface area contributed by atoms with E-state index >= 15 is 0 Å². The van der Waals surface area contributed by atoms with Gasteiger partial charge in [-0.3, -0.25) is 4.79 Å². The predicted octanol–water partition coefficient (Wildman–Crippen LogP) is 3.02. The van der Waals surface area contributed by atoms with Gasteiger partial charge in [-0.05, 0) is 24.5 Å². The number of nitrogens with one attached hydrogen (secondary N) is 1. The summed E-state index contributed by atoms with van der Waals surface area (Å²) < 4.78 is 0. The van der Waals surface area contributed by atoms with E-state index in [4.69, 9.17) is 5.73 Å². The second-order valence-electron chi connectivity index (χ2n) is 5.50. The quantitative estimate of drug-likeness (QED) is 0.885. The highest BCUT2D eigenvalue weighted by Crippen LogP contribution is 2.22. The van der Waals surface area contributed by atoms with Crippen molar-refractivity contribution < 1.29 is 4.79 Å². The molecule has 3 heteroatoms. The maximum Gasteiger partial charge on any atom is 0.240 e. The van der Waals surface area contributed by atoms with Gasteiger partial charge in [-0.15, -0.1) is 0 Å². The Morgan fingerprint density at radius 1 is 1.05 bits per heavy atom. The first kappa shape index (κ1) is 15.3. The zero-order chi connectivity index (χ0) is 15.3. The van der Waals surface area contributed by atoms with Crippen molar-refractivity contribution in [1.82, 2.24) is 5.32 Å². The van der Waals surface area contributed by atoms with Crippen molar-refractivity contribution in [3.63, 3.8) is 0 Å². The van der Waals surface area contributed by atoms with Crippen LogP contribution >= 0.6 is 0 Å². The molecule has 1 amide bonds. The van der Waals surface area contributed by atoms with Crippen molar-refractivity contribution in [1.29, 1.82) is 0 Å². The van der Waals surface area contributed by atoms with Gasteiger partial charge in [0.1, 0.15) is 0 Å². The van der Waals surface area contributed by atoms with Crippen LogP contribution in [0.3, 0.4) is 0 Å². The molecular formula is C18H22N2O. The Morgan fingerprint density at radius 2 is 1.48 bits per heavy atom. The van der Waals surface area contributed by atoms with Gasteiger partial charge in [0.2, 0.25) is 5.91 Å². The first-order valence-electron chi connectivity index (χ1n) is 7.24. The molecule has 0 aliphatic heterocycles. The number of hydrogen-bond acceptors (Lipinski definition) is 2. The fourth-order valence-electron chi connectivity index (χ4n) is 2.11. The van der Waals surface area contributed by atoms with Gasteiger partial charge in [-0.2, -0.15) is 0 Å². The van der Waals surface area contributed by atoms with Crippen LogP contribution in [0.2, 0.25) is 0 Å². The van der Waals surface area contributed by atoms with Gasteiger partial charge in [-0.25, -0.2) is 0 Å². The summed E-state index contributed by atoms with van der Waals surface area (Å²) in [6.45, 7) is 3.68. The van der Waals surface area contributed by atoms with Crippen LogP contribution in [0.1, 0.15) is 37.4 Å². The first-order valence-corrected chi connectivity index (χ1v) is 7.24. The molecule has 0 saturated carbocycles. The highest BCUT2D eigenvalue weighted by atomic mass is 16.2. The van der Waals surface area contributed by atoms with Gasteiger partial charge in [0.05, 0.1) is 11.6 Å². The van der Waals surface area contributed by atoms with E-state index in [9.17, 15) is 4.79 Å². The summed E-state index contributed by atoms with van der Waals surface area (Å²) in [5, 5.41) is 3.08. The molecule has 1 atom stereocenters. The second-order valence-corrected chi connectivity index (χ2v) is 5.50. The van der Waals surface area contributed by atoms with E-state index in [0.29, 0.717) is 6.42 Å². The normalized spacial score (nSPS) is 13.7. The van der Waals surface area contributed by atoms with Crippen LogP contribution in [0.4, 0.5) is 0 Å². The molecule has 3 N–H and O–H groups in total. The van der Waals surface area contributed by atoms with E-state index in [2.05, 4.69) is 5.32 Å². The summed E-state index contributed by atoms with van der Waals surface area (Å²) in [6, 6.07) is 19.7. The number of carbonyl (C=O) groups is 1. The Morgan fingerprint density at radius 3 is 1.86 bits per heavy atom. The van der Waals surface area contributed by atoms with Gasteiger partial charge in [-0.1, -0.05) is 67.6 Å². The van der Waals surface area contributed by atoms with Crippen LogP contribution < -0.4 is 11.1 Å². The minimum Gasteiger partial charge on any atom is -0.344 e. The van der Waals surface area contributed by atoms with Crippen molar-refractivity contribution in [2.24, 2.45) is 5.73 Å². The third-order valence-corrected chi connectivity index (χ3v) is 3.79. The monoisotopic (exact) mass is 282 g/mol. The van der Waals surface area contributed by atoms with Gasteiger partial charge in [0, 0.05) is 0 Å². The molecule has 0 heterocycles. The highest BCUT2D eigenvalue weighted by Gasteiger charge is 2.28. The topological polar surface area (TPSA) is 55.1 Å². The van der Waals surface area contributed by atoms with Crippen LogP contribution in [0.5, 0.6) is 0 Å². The van der Waals surface area contributed by atoms with Crippen molar-refractivity contribution in [2.45, 2.75) is 31.8 Å². The molecule has 0 aliphatic carbocycles. The van der Waals surface area contributed by atoms with Crippen LogP contribution in [0.25, 0.3) is 0 Å². The SMILES string of the molecule is CCC(C)(N)C(=O)NC(c1ccccc1)c1ccccc1. The summed E-state index contributed by atoms with van der Waals surface area (Å²) in [4.78, 5) is 12.4. The lowest BCUT2D eigenvalue weighted by Crippen LogP contribution is -2.52. The summed E-state index contributed by atoms with van der Waals surface area (Å²) >= 11 is 0. The Balaban J connectivity index is 2.32. The maximum absolute atomic E-state index is 12.4. The van der Waals surface area contributed by atoms with E-state index in [0.717, 1.165) is 11.1 Å². The number of rotatable bonds is 5. The largest absolute Gasteiger partial charge is 0.344 e. The molecule has 0 aromatic heterocycles. The van der Waals surface area contributed by atoms with Crippen LogP contribution in [-0.4, -0.2) is 11.4 Å². The lowest BCUT2D eigenvalue weighted by molar-refractivity contribution is -0.126. The van der Waals surface area contributed by atoms with E-state index in [-0.39, 0.29) is 11.9 Å². The average molecular weight is 282 g/mol. The molecule has 21 heavy (non-hydrogen) atoms. The van der Waals surface area contributed by atoms with E-state index in [1.165, 1.54) is 0 Å². The zero-order valence-electron chi connectivity index (χ0n) is 12.5. The van der Waals surface area contributed by atoms with Crippen LogP contribution in [-0.2, 0) is 4.79 Å². The first-order chi connectivity index (χ1) is 10.0. The molecule has 2 rings (SSSR count). The second kappa shape index (κ2) is 6.55. The average Bonchev–Trinajstić information content (AvgIpc) is 2.54. The van der Waals surface area contributed by atoms with E-state index < -0.39 is 5.54 Å². The number of hydrogen-bond donors (Lipinski definition) is 2. The molecule has 3 nitrogen and oxygen atoms in total. The summed E-state index contributed by atoms with van der Waals surface area (Å²) in [5.74, 6) is -0.136. The maximum atomic E-state index is 12.4. The lowest BCUT2D eigenvalue weighted by atomic mass is 9.95. The predicted molar refractivity (Wildman–Crippen MR) is 85.8 cm³/mol. The molecule has 110 valence electrons. The molecule has 2 aromatic rings. The third-order valence-electron chi connectivity index (χ3n) is 3.79. The minimum atomic E-state index is -0.859. The van der Waals surface area contributed by atoms with Crippen molar-refractivity contribution >= 4 is 5.91 Å². The van der Waals surface area contributed by atoms with E-state index in [1.54, 1.807) is 6.92 Å². The van der Waals surface area contributed by atoms with Gasteiger partial charge < -0.3 is 11.1 Å². The zero-order valence-corrected chi connectivity index (χ0v) is 12.5. The molecule has 2 aromatic carbocycles. The van der Waals surface area contributed by atoms with Crippen LogP contribution in [0, 0.1) is 0 Å². The Hall–Kier alpha value is -2.13. The number of amides is 1. The fourth-order valence-corrected chi connectivity index (χ4v) is 2.11. The van der Waals surface area contributed by atoms with Crippen molar-refractivity contribution in [3.05, 3.63) is 71.8 Å². The number of carbonyl (C=O) groups excluding carboxylic acids is 1. The number of benzene rings is 2. The van der Waals surface area contributed by atoms with Gasteiger partial charge in [0.25, 0.3) is 0 Å². The molecule has 1 unspecified atom stereocenters. The molecule has 0 radical (unpaired) electrons. The Bertz CT molecular complexity index is 539. The molecule has 0 bridgehead atoms. The minimum absolute atomic E-state index is 0.136. The van der Waals surface area contributed by atoms with E-state index in [1.807, 2.05) is 67.6 Å². The fraction of sp³-hybridized carbons (Fsp3) is 0.278. The van der Waals surface area contributed by atoms with Gasteiger partial charge in [0.15, 0.2) is 0 Å². The molecular weight excluding hydrogens is 260 g/mol. The van der Waals surface area contributed by atoms with Crippen molar-refractivity contribution in [2.75, 3.05) is 0 Å². The van der Waals surface area contributed by atoms with Crippen LogP contribution in [0.15, 0.2) is 60.7 Å². The van der Waals surface area contributed by atoms with Gasteiger partial charge >= 0.3 is 0 Å². The Kier molecular flexibility index (Phi) is 4.76. The number of nitrogens with two attached hydrogens (primary N) is 1. The summed E-state index contributed by atoms with van der Waals surface area (Å²) in [7, 11) is 0.